The molecule has 0 bridgehead atoms. The van der Waals surface area contributed by atoms with E-state index in [-0.39, 0.29) is 27.1 Å². The molecule has 1 aliphatic heterocycles. The molecule has 0 unspecified atom stereocenters. The zero-order valence-corrected chi connectivity index (χ0v) is 50.3. The first-order valence-electron chi connectivity index (χ1n) is 28.8. The second-order valence-electron chi connectivity index (χ2n) is 27.1. The summed E-state index contributed by atoms with van der Waals surface area (Å²) in [5, 5.41) is 2.34. The monoisotopic (exact) mass is 1040 g/mol. The van der Waals surface area contributed by atoms with Crippen molar-refractivity contribution in [2.75, 3.05) is 16.5 Å². The van der Waals surface area contributed by atoms with Crippen LogP contribution < -0.4 is 14.5 Å². The van der Waals surface area contributed by atoms with Crippen molar-refractivity contribution in [1.82, 2.24) is 9.55 Å². The van der Waals surface area contributed by atoms with E-state index in [2.05, 4.69) is 302 Å². The van der Waals surface area contributed by atoms with Gasteiger partial charge in [-0.2, -0.15) is 0 Å². The number of ether oxygens (including phenoxy) is 1. The summed E-state index contributed by atoms with van der Waals surface area (Å²) in [5.74, 6) is 3.06. The highest BCUT2D eigenvalue weighted by molar-refractivity contribution is 6.09. The molecule has 5 heteroatoms. The first kappa shape index (κ1) is 55.0. The van der Waals surface area contributed by atoms with E-state index < -0.39 is 0 Å². The summed E-state index contributed by atoms with van der Waals surface area (Å²) in [6.07, 6.45) is 1.95. The lowest BCUT2D eigenvalue weighted by atomic mass is 9.73. The van der Waals surface area contributed by atoms with Gasteiger partial charge in [0.05, 0.1) is 17.7 Å². The quantitative estimate of drug-likeness (QED) is 0.122. The van der Waals surface area contributed by atoms with Crippen molar-refractivity contribution in [3.05, 3.63) is 226 Å². The van der Waals surface area contributed by atoms with Crippen LogP contribution in [0.4, 0.5) is 11.4 Å². The summed E-state index contributed by atoms with van der Waals surface area (Å²) in [6.45, 7) is 40.5. The van der Waals surface area contributed by atoms with Gasteiger partial charge in [-0.05, 0) is 122 Å². The molecule has 3 heterocycles. The van der Waals surface area contributed by atoms with Crippen LogP contribution in [-0.4, -0.2) is 16.2 Å². The third kappa shape index (κ3) is 10.4. The van der Waals surface area contributed by atoms with Crippen LogP contribution in [0.2, 0.25) is 0 Å². The molecule has 1 aliphatic rings. The number of nitrogens with zero attached hydrogens (tertiary/aromatic N) is 4. The van der Waals surface area contributed by atoms with Crippen LogP contribution in [0, 0.1) is 10.8 Å². The maximum absolute atomic E-state index is 7.34. The number of aromatic nitrogens is 2. The number of pyridine rings is 1. The number of anilines is 2. The van der Waals surface area contributed by atoms with Gasteiger partial charge in [-0.25, -0.2) is 4.98 Å². The first-order chi connectivity index (χ1) is 37.2. The van der Waals surface area contributed by atoms with E-state index in [9.17, 15) is 0 Å². The molecule has 0 saturated heterocycles. The van der Waals surface area contributed by atoms with Crippen LogP contribution in [0.1, 0.15) is 168 Å². The zero-order valence-electron chi connectivity index (χ0n) is 50.3. The lowest BCUT2D eigenvalue weighted by Crippen LogP contribution is -2.32. The summed E-state index contributed by atoms with van der Waals surface area (Å²) >= 11 is 0. The van der Waals surface area contributed by atoms with Crippen LogP contribution in [0.25, 0.3) is 38.8 Å². The minimum Gasteiger partial charge on any atom is -0.457 e. The highest BCUT2D eigenvalue weighted by Crippen LogP contribution is 2.51. The lowest BCUT2D eigenvalue weighted by Gasteiger charge is -2.36. The Balaban J connectivity index is 1.19. The van der Waals surface area contributed by atoms with Crippen LogP contribution in [0.3, 0.4) is 0 Å². The van der Waals surface area contributed by atoms with E-state index in [1.54, 1.807) is 0 Å². The normalized spacial score (nSPS) is 14.0. The molecule has 0 fully saturated rings. The summed E-state index contributed by atoms with van der Waals surface area (Å²) in [5.41, 5.74) is 17.5. The Morgan fingerprint density at radius 2 is 0.937 bits per heavy atom. The van der Waals surface area contributed by atoms with E-state index in [4.69, 9.17) is 9.72 Å². The molecule has 0 atom stereocenters. The van der Waals surface area contributed by atoms with Gasteiger partial charge in [0.15, 0.2) is 0 Å². The number of benzene rings is 7. The van der Waals surface area contributed by atoms with Gasteiger partial charge in [-0.15, -0.1) is 0 Å². The molecule has 0 radical (unpaired) electrons. The molecule has 5 nitrogen and oxygen atoms in total. The summed E-state index contributed by atoms with van der Waals surface area (Å²) in [6, 6.07) is 63.0. The highest BCUT2D eigenvalue weighted by atomic mass is 16.5. The predicted octanol–water partition coefficient (Wildman–Crippen LogP) is 20.4. The molecule has 0 spiro atoms. The van der Waals surface area contributed by atoms with Crippen molar-refractivity contribution in [3.8, 4) is 28.4 Å². The largest absolute Gasteiger partial charge is 0.457 e. The molecule has 0 saturated carbocycles. The number of fused-ring (bicyclic) bond motifs is 3. The lowest BCUT2D eigenvalue weighted by molar-refractivity contribution is 0.444. The third-order valence-electron chi connectivity index (χ3n) is 16.7. The van der Waals surface area contributed by atoms with Crippen molar-refractivity contribution < 1.29 is 4.74 Å². The summed E-state index contributed by atoms with van der Waals surface area (Å²) in [7, 11) is 0. The topological polar surface area (TPSA) is 33.5 Å². The standard InChI is InChI=1S/C74H84N4O/c1-48(2)60-32-26-33-61(49(3)4)67(60)50-39-56(45-59(40-50)79-58-35-36-63-62-31-24-25-34-64(62)78(65(63)46-58)66-44-53(37-38-75-66)70(5,6)7)76-47-77(69(72(11,12)13)68(76)71(8,9)10)57-42-54(73(14,15)51-27-20-18-21-28-51)41-55(43-57)74(16,17)52-29-22-19-23-30-52/h18-46,48-49H,47H2,1-17H3. The molecule has 79 heavy (non-hydrogen) atoms. The maximum atomic E-state index is 7.34. The fourth-order valence-electron chi connectivity index (χ4n) is 12.2. The SMILES string of the molecule is CC(C)c1cccc(C(C)C)c1-c1cc(Oc2ccc3c4ccccc4n(-c4cc(C(C)(C)C)ccn4)c3c2)cc(N2CN(c3cc(C(C)(C)c4ccccc4)cc(C(C)(C)c4ccccc4)c3)C(C(C)(C)C)=C2C(C)(C)C)c1. The fraction of sp³-hybridized carbons (Fsp3) is 0.338. The number of allylic oxidation sites excluding steroid dienone is 2. The second kappa shape index (κ2) is 20.4. The smallest absolute Gasteiger partial charge is 0.137 e. The Bertz CT molecular complexity index is 3640. The van der Waals surface area contributed by atoms with Crippen LogP contribution >= 0.6 is 0 Å². The molecule has 0 aliphatic carbocycles. The summed E-state index contributed by atoms with van der Waals surface area (Å²) in [4.78, 5) is 10.2. The molecular formula is C74H84N4O. The molecule has 7 aromatic carbocycles. The maximum Gasteiger partial charge on any atom is 0.137 e. The molecule has 10 rings (SSSR count). The van der Waals surface area contributed by atoms with E-state index in [0.717, 1.165) is 45.0 Å². The Hall–Kier alpha value is -7.37. The average Bonchev–Trinajstić information content (AvgIpc) is 4.05. The first-order valence-corrected chi connectivity index (χ1v) is 28.8. The van der Waals surface area contributed by atoms with Crippen molar-refractivity contribution in [2.24, 2.45) is 10.8 Å². The molecule has 406 valence electrons. The Kier molecular flexibility index (Phi) is 14.2. The van der Waals surface area contributed by atoms with Gasteiger partial charge in [0.1, 0.15) is 17.3 Å². The van der Waals surface area contributed by atoms with Gasteiger partial charge in [-0.1, -0.05) is 221 Å². The molecule has 2 aromatic heterocycles. The fourth-order valence-corrected chi connectivity index (χ4v) is 12.2. The van der Waals surface area contributed by atoms with Crippen LogP contribution in [0.15, 0.2) is 187 Å². The van der Waals surface area contributed by atoms with Gasteiger partial charge in [0, 0.05) is 73.5 Å². The predicted molar refractivity (Wildman–Crippen MR) is 337 cm³/mol. The number of rotatable bonds is 12. The average molecular weight is 1050 g/mol. The van der Waals surface area contributed by atoms with Gasteiger partial charge < -0.3 is 14.5 Å². The number of hydrogen-bond donors (Lipinski definition) is 0. The van der Waals surface area contributed by atoms with Crippen molar-refractivity contribution in [2.45, 2.75) is 146 Å². The van der Waals surface area contributed by atoms with Gasteiger partial charge >= 0.3 is 0 Å². The molecule has 9 aromatic rings. The number of hydrogen-bond acceptors (Lipinski definition) is 4. The Morgan fingerprint density at radius 3 is 1.47 bits per heavy atom. The van der Waals surface area contributed by atoms with E-state index >= 15 is 0 Å². The van der Waals surface area contributed by atoms with Gasteiger partial charge in [0.25, 0.3) is 0 Å². The van der Waals surface area contributed by atoms with Gasteiger partial charge in [-0.3, -0.25) is 4.57 Å². The van der Waals surface area contributed by atoms with E-state index in [0.29, 0.717) is 18.5 Å². The van der Waals surface area contributed by atoms with E-state index in [1.807, 2.05) is 6.20 Å². The molecule has 0 amide bonds. The minimum absolute atomic E-state index is 0.0370. The minimum atomic E-state index is -0.278. The van der Waals surface area contributed by atoms with Crippen molar-refractivity contribution in [1.29, 1.82) is 0 Å². The third-order valence-corrected chi connectivity index (χ3v) is 16.7. The van der Waals surface area contributed by atoms with Crippen molar-refractivity contribution in [3.63, 3.8) is 0 Å². The van der Waals surface area contributed by atoms with Crippen LogP contribution in [0.5, 0.6) is 11.5 Å². The Morgan fingerprint density at radius 1 is 0.418 bits per heavy atom. The number of para-hydroxylation sites is 1. The molecule has 0 N–H and O–H groups in total. The summed E-state index contributed by atoms with van der Waals surface area (Å²) < 4.78 is 9.64. The highest BCUT2D eigenvalue weighted by Gasteiger charge is 2.43. The molecular weight excluding hydrogens is 961 g/mol. The van der Waals surface area contributed by atoms with Crippen LogP contribution in [-0.2, 0) is 16.2 Å². The van der Waals surface area contributed by atoms with Crippen molar-refractivity contribution >= 4 is 33.2 Å². The van der Waals surface area contributed by atoms with E-state index in [1.165, 1.54) is 67.0 Å². The van der Waals surface area contributed by atoms with Gasteiger partial charge in [0.2, 0.25) is 0 Å². The zero-order chi connectivity index (χ0) is 56.6. The second-order valence-corrected chi connectivity index (χ2v) is 27.1. The Labute approximate surface area is 473 Å².